The minimum atomic E-state index is -4.48. The fourth-order valence-electron chi connectivity index (χ4n) is 3.72. The van der Waals surface area contributed by atoms with Gasteiger partial charge in [-0.3, -0.25) is 9.78 Å². The van der Waals surface area contributed by atoms with Crippen molar-refractivity contribution in [2.24, 2.45) is 0 Å². The van der Waals surface area contributed by atoms with Crippen molar-refractivity contribution < 1.29 is 18.0 Å². The molecule has 1 fully saturated rings. The predicted octanol–water partition coefficient (Wildman–Crippen LogP) is 5.50. The van der Waals surface area contributed by atoms with Crippen molar-refractivity contribution in [3.8, 4) is 5.69 Å². The number of nitrogens with zero attached hydrogens (tertiary/aromatic N) is 3. The number of anilines is 1. The predicted molar refractivity (Wildman–Crippen MR) is 115 cm³/mol. The van der Waals surface area contributed by atoms with Gasteiger partial charge in [-0.1, -0.05) is 12.1 Å². The molecule has 1 saturated carbocycles. The highest BCUT2D eigenvalue weighted by Crippen LogP contribution is 2.43. The van der Waals surface area contributed by atoms with Crippen molar-refractivity contribution in [2.75, 3.05) is 5.32 Å². The highest BCUT2D eigenvalue weighted by atomic mass is 19.4. The Morgan fingerprint density at radius 2 is 1.84 bits per heavy atom. The lowest BCUT2D eigenvalue weighted by atomic mass is 10.1. The Bertz CT molecular complexity index is 1290. The monoisotopic (exact) mass is 436 g/mol. The number of hydrogen-bond acceptors (Lipinski definition) is 3. The molecule has 2 aromatic carbocycles. The topological polar surface area (TPSA) is 59.8 Å². The molecule has 0 unspecified atom stereocenters. The summed E-state index contributed by atoms with van der Waals surface area (Å²) in [5.41, 5.74) is 2.51. The molecule has 0 spiro atoms. The van der Waals surface area contributed by atoms with Crippen molar-refractivity contribution in [3.63, 3.8) is 0 Å². The van der Waals surface area contributed by atoms with Gasteiger partial charge in [-0.2, -0.15) is 18.3 Å². The van der Waals surface area contributed by atoms with Crippen LogP contribution < -0.4 is 5.32 Å². The van der Waals surface area contributed by atoms with Gasteiger partial charge in [0.05, 0.1) is 17.6 Å². The number of alkyl halides is 3. The fourth-order valence-corrected chi connectivity index (χ4v) is 3.72. The molecule has 0 radical (unpaired) electrons. The number of carbonyl (C=O) groups excluding carboxylic acids is 1. The third-order valence-corrected chi connectivity index (χ3v) is 5.45. The summed E-state index contributed by atoms with van der Waals surface area (Å²) in [6.07, 6.45) is -0.836. The maximum atomic E-state index is 13.1. The number of aromatic nitrogens is 3. The first kappa shape index (κ1) is 20.2. The second-order valence-electron chi connectivity index (χ2n) is 7.94. The lowest BCUT2D eigenvalue weighted by Gasteiger charge is -2.09. The van der Waals surface area contributed by atoms with E-state index in [-0.39, 0.29) is 18.2 Å². The molecule has 4 aromatic rings. The summed E-state index contributed by atoms with van der Waals surface area (Å²) in [6, 6.07) is 17.3. The van der Waals surface area contributed by atoms with E-state index in [1.165, 1.54) is 4.68 Å². The largest absolute Gasteiger partial charge is 0.435 e. The van der Waals surface area contributed by atoms with E-state index < -0.39 is 11.9 Å². The molecule has 1 aliphatic carbocycles. The van der Waals surface area contributed by atoms with E-state index in [1.54, 1.807) is 30.5 Å². The number of amides is 1. The lowest BCUT2D eigenvalue weighted by molar-refractivity contribution is -0.141. The molecular formula is C24H19F3N4O. The number of fused-ring (bicyclic) bond motifs is 1. The first-order valence-corrected chi connectivity index (χ1v) is 10.3. The molecule has 0 bridgehead atoms. The third-order valence-electron chi connectivity index (χ3n) is 5.45. The van der Waals surface area contributed by atoms with E-state index in [9.17, 15) is 18.0 Å². The summed E-state index contributed by atoms with van der Waals surface area (Å²) in [7, 11) is 0. The van der Waals surface area contributed by atoms with Crippen LogP contribution in [-0.4, -0.2) is 20.7 Å². The van der Waals surface area contributed by atoms with Crippen LogP contribution in [0, 0.1) is 0 Å². The Kier molecular flexibility index (Phi) is 4.92. The smallest absolute Gasteiger partial charge is 0.326 e. The van der Waals surface area contributed by atoms with Gasteiger partial charge < -0.3 is 5.32 Å². The molecule has 0 saturated heterocycles. The van der Waals surface area contributed by atoms with Gasteiger partial charge in [0.25, 0.3) is 0 Å². The standard InChI is InChI=1S/C24H19F3N4O/c25-24(26,27)22-14-21(16-4-5-16)31(30-22)19-8-6-18(7-9-19)29-23(32)13-15-3-10-20-17(12-15)2-1-11-28-20/h1-3,6-12,14,16H,4-5,13H2,(H,29,32). The summed E-state index contributed by atoms with van der Waals surface area (Å²) in [6.45, 7) is 0. The van der Waals surface area contributed by atoms with Gasteiger partial charge in [-0.25, -0.2) is 4.68 Å². The van der Waals surface area contributed by atoms with E-state index >= 15 is 0 Å². The van der Waals surface area contributed by atoms with Crippen LogP contribution in [0.3, 0.4) is 0 Å². The van der Waals surface area contributed by atoms with Crippen molar-refractivity contribution in [1.82, 2.24) is 14.8 Å². The molecule has 1 N–H and O–H groups in total. The van der Waals surface area contributed by atoms with Gasteiger partial charge in [0.2, 0.25) is 5.91 Å². The van der Waals surface area contributed by atoms with Crippen LogP contribution in [0.4, 0.5) is 18.9 Å². The van der Waals surface area contributed by atoms with Crippen LogP contribution in [0.5, 0.6) is 0 Å². The van der Waals surface area contributed by atoms with Gasteiger partial charge in [-0.15, -0.1) is 0 Å². The van der Waals surface area contributed by atoms with Gasteiger partial charge in [-0.05, 0) is 66.9 Å². The number of carbonyl (C=O) groups is 1. The van der Waals surface area contributed by atoms with Crippen molar-refractivity contribution in [2.45, 2.75) is 31.4 Å². The molecule has 0 aliphatic heterocycles. The average Bonchev–Trinajstić information content (AvgIpc) is 3.51. The molecule has 5 rings (SSSR count). The summed E-state index contributed by atoms with van der Waals surface area (Å²) in [4.78, 5) is 16.7. The fraction of sp³-hybridized carbons (Fsp3) is 0.208. The number of hydrogen-bond donors (Lipinski definition) is 1. The maximum absolute atomic E-state index is 13.1. The second-order valence-corrected chi connectivity index (χ2v) is 7.94. The highest BCUT2D eigenvalue weighted by Gasteiger charge is 2.38. The molecule has 32 heavy (non-hydrogen) atoms. The lowest BCUT2D eigenvalue weighted by Crippen LogP contribution is -2.14. The molecule has 162 valence electrons. The SMILES string of the molecule is O=C(Cc1ccc2ncccc2c1)Nc1ccc(-n2nc(C(F)(F)F)cc2C2CC2)cc1. The van der Waals surface area contributed by atoms with Crippen molar-refractivity contribution >= 4 is 22.5 Å². The summed E-state index contributed by atoms with van der Waals surface area (Å²) < 4.78 is 40.7. The number of nitrogens with one attached hydrogen (secondary N) is 1. The van der Waals surface area contributed by atoms with Crippen molar-refractivity contribution in [3.05, 3.63) is 83.8 Å². The normalized spacial score (nSPS) is 14.0. The van der Waals surface area contributed by atoms with Crippen LogP contribution in [-0.2, 0) is 17.4 Å². The van der Waals surface area contributed by atoms with Gasteiger partial charge >= 0.3 is 6.18 Å². The first-order valence-electron chi connectivity index (χ1n) is 10.3. The Morgan fingerprint density at radius 1 is 1.06 bits per heavy atom. The zero-order valence-corrected chi connectivity index (χ0v) is 16.9. The average molecular weight is 436 g/mol. The molecule has 0 atom stereocenters. The summed E-state index contributed by atoms with van der Waals surface area (Å²) >= 11 is 0. The molecule has 2 heterocycles. The molecular weight excluding hydrogens is 417 g/mol. The van der Waals surface area contributed by atoms with E-state index in [1.807, 2.05) is 30.3 Å². The summed E-state index contributed by atoms with van der Waals surface area (Å²) in [5, 5.41) is 7.58. The van der Waals surface area contributed by atoms with E-state index in [0.29, 0.717) is 17.1 Å². The minimum absolute atomic E-state index is 0.107. The van der Waals surface area contributed by atoms with Crippen LogP contribution in [0.15, 0.2) is 66.9 Å². The second kappa shape index (κ2) is 7.78. The van der Waals surface area contributed by atoms with Crippen LogP contribution in [0.2, 0.25) is 0 Å². The number of pyridine rings is 1. The molecule has 1 amide bonds. The van der Waals surface area contributed by atoms with Gasteiger partial charge in [0, 0.05) is 28.9 Å². The zero-order valence-electron chi connectivity index (χ0n) is 16.9. The van der Waals surface area contributed by atoms with Crippen LogP contribution in [0.1, 0.15) is 35.7 Å². The van der Waals surface area contributed by atoms with Gasteiger partial charge in [0.1, 0.15) is 0 Å². The molecule has 1 aliphatic rings. The first-order chi connectivity index (χ1) is 15.4. The zero-order chi connectivity index (χ0) is 22.3. The molecule has 2 aromatic heterocycles. The highest BCUT2D eigenvalue weighted by molar-refractivity contribution is 5.93. The number of halogens is 3. The van der Waals surface area contributed by atoms with Crippen LogP contribution in [0.25, 0.3) is 16.6 Å². The molecule has 5 nitrogen and oxygen atoms in total. The van der Waals surface area contributed by atoms with E-state index in [4.69, 9.17) is 0 Å². The summed E-state index contributed by atoms with van der Waals surface area (Å²) in [5.74, 6) is -0.0757. The number of benzene rings is 2. The molecule has 8 heteroatoms. The Morgan fingerprint density at radius 3 is 2.56 bits per heavy atom. The Labute approximate surface area is 181 Å². The Balaban J connectivity index is 1.30. The number of rotatable bonds is 5. The van der Waals surface area contributed by atoms with E-state index in [0.717, 1.165) is 35.4 Å². The van der Waals surface area contributed by atoms with Crippen molar-refractivity contribution in [1.29, 1.82) is 0 Å². The Hall–Kier alpha value is -3.68. The maximum Gasteiger partial charge on any atom is 0.435 e. The minimum Gasteiger partial charge on any atom is -0.326 e. The van der Waals surface area contributed by atoms with Crippen LogP contribution >= 0.6 is 0 Å². The quantitative estimate of drug-likeness (QED) is 0.450. The van der Waals surface area contributed by atoms with Gasteiger partial charge in [0.15, 0.2) is 5.69 Å². The van der Waals surface area contributed by atoms with E-state index in [2.05, 4.69) is 15.4 Å². The third kappa shape index (κ3) is 4.21.